The molecule has 2 rings (SSSR count). The number of hydrogen-bond donors (Lipinski definition) is 2. The van der Waals surface area contributed by atoms with Gasteiger partial charge in [-0.15, -0.1) is 0 Å². The SMILES string of the molecule is NC(=O)c1cccc(N)c1OCc1ccc(Cl)c(F)c1. The predicted octanol–water partition coefficient (Wildman–Crippen LogP) is 2.74. The summed E-state index contributed by atoms with van der Waals surface area (Å²) in [6.07, 6.45) is 0. The fraction of sp³-hybridized carbons (Fsp3) is 0.0714. The molecule has 104 valence electrons. The Hall–Kier alpha value is -2.27. The van der Waals surface area contributed by atoms with Gasteiger partial charge in [-0.3, -0.25) is 4.79 Å². The molecule has 4 nitrogen and oxygen atoms in total. The molecule has 0 aromatic heterocycles. The van der Waals surface area contributed by atoms with Crippen molar-refractivity contribution in [2.24, 2.45) is 5.73 Å². The Bertz CT molecular complexity index is 662. The zero-order valence-electron chi connectivity index (χ0n) is 10.4. The summed E-state index contributed by atoms with van der Waals surface area (Å²) < 4.78 is 18.8. The standard InChI is InChI=1S/C14H12ClFN2O2/c15-10-5-4-8(6-11(10)16)7-20-13-9(14(18)19)2-1-3-12(13)17/h1-6H,7,17H2,(H2,18,19). The molecule has 0 heterocycles. The van der Waals surface area contributed by atoms with E-state index >= 15 is 0 Å². The fourth-order valence-electron chi connectivity index (χ4n) is 1.69. The quantitative estimate of drug-likeness (QED) is 0.851. The van der Waals surface area contributed by atoms with Crippen molar-refractivity contribution in [3.8, 4) is 5.75 Å². The number of rotatable bonds is 4. The molecule has 0 aliphatic rings. The Balaban J connectivity index is 2.22. The second kappa shape index (κ2) is 5.79. The first kappa shape index (κ1) is 14.1. The highest BCUT2D eigenvalue weighted by molar-refractivity contribution is 6.30. The summed E-state index contributed by atoms with van der Waals surface area (Å²) in [5, 5.41) is 0.0331. The molecular formula is C14H12ClFN2O2. The maximum atomic E-state index is 13.3. The van der Waals surface area contributed by atoms with E-state index in [0.717, 1.165) is 0 Å². The molecule has 6 heteroatoms. The van der Waals surface area contributed by atoms with Crippen molar-refractivity contribution >= 4 is 23.2 Å². The van der Waals surface area contributed by atoms with Crippen LogP contribution in [0.25, 0.3) is 0 Å². The number of carbonyl (C=O) groups excluding carboxylic acids is 1. The zero-order chi connectivity index (χ0) is 14.7. The van der Waals surface area contributed by atoms with Gasteiger partial charge < -0.3 is 16.2 Å². The van der Waals surface area contributed by atoms with E-state index in [1.165, 1.54) is 18.2 Å². The third-order valence-electron chi connectivity index (χ3n) is 2.68. The Morgan fingerprint density at radius 3 is 2.70 bits per heavy atom. The summed E-state index contributed by atoms with van der Waals surface area (Å²) >= 11 is 5.59. The number of primary amides is 1. The lowest BCUT2D eigenvalue weighted by Crippen LogP contribution is -2.14. The molecule has 0 atom stereocenters. The predicted molar refractivity (Wildman–Crippen MR) is 75.1 cm³/mol. The van der Waals surface area contributed by atoms with Gasteiger partial charge in [0.25, 0.3) is 5.91 Å². The van der Waals surface area contributed by atoms with Crippen LogP contribution < -0.4 is 16.2 Å². The van der Waals surface area contributed by atoms with E-state index in [9.17, 15) is 9.18 Å². The summed E-state index contributed by atoms with van der Waals surface area (Å²) in [5.41, 5.74) is 12.0. The summed E-state index contributed by atoms with van der Waals surface area (Å²) in [6, 6.07) is 9.00. The fourth-order valence-corrected chi connectivity index (χ4v) is 1.81. The summed E-state index contributed by atoms with van der Waals surface area (Å²) in [6.45, 7) is 0.0442. The highest BCUT2D eigenvalue weighted by atomic mass is 35.5. The molecule has 0 unspecified atom stereocenters. The molecule has 1 amide bonds. The van der Waals surface area contributed by atoms with Crippen molar-refractivity contribution in [3.05, 3.63) is 58.4 Å². The van der Waals surface area contributed by atoms with E-state index in [1.807, 2.05) is 0 Å². The number of nitrogens with two attached hydrogens (primary N) is 2. The molecule has 0 saturated heterocycles. The van der Waals surface area contributed by atoms with Gasteiger partial charge in [-0.1, -0.05) is 23.7 Å². The van der Waals surface area contributed by atoms with E-state index in [2.05, 4.69) is 0 Å². The third kappa shape index (κ3) is 3.00. The van der Waals surface area contributed by atoms with Crippen LogP contribution in [-0.2, 0) is 6.61 Å². The van der Waals surface area contributed by atoms with Gasteiger partial charge in [0, 0.05) is 0 Å². The van der Waals surface area contributed by atoms with E-state index < -0.39 is 11.7 Å². The van der Waals surface area contributed by atoms with Crippen LogP contribution in [0.1, 0.15) is 15.9 Å². The summed E-state index contributed by atoms with van der Waals surface area (Å²) in [5.74, 6) is -0.992. The maximum Gasteiger partial charge on any atom is 0.252 e. The normalized spacial score (nSPS) is 10.3. The third-order valence-corrected chi connectivity index (χ3v) is 2.98. The van der Waals surface area contributed by atoms with E-state index in [1.54, 1.807) is 18.2 Å². The van der Waals surface area contributed by atoms with Gasteiger partial charge in [-0.2, -0.15) is 0 Å². The molecule has 2 aromatic carbocycles. The second-order valence-corrected chi connectivity index (χ2v) is 4.53. The first-order chi connectivity index (χ1) is 9.49. The van der Waals surface area contributed by atoms with Gasteiger partial charge in [-0.25, -0.2) is 4.39 Å². The minimum Gasteiger partial charge on any atom is -0.486 e. The monoisotopic (exact) mass is 294 g/mol. The van der Waals surface area contributed by atoms with Gasteiger partial charge in [0.15, 0.2) is 5.75 Å². The number of ether oxygens (including phenoxy) is 1. The Morgan fingerprint density at radius 1 is 1.30 bits per heavy atom. The van der Waals surface area contributed by atoms with Crippen LogP contribution in [0.3, 0.4) is 0 Å². The van der Waals surface area contributed by atoms with Crippen molar-refractivity contribution in [2.45, 2.75) is 6.61 Å². The molecule has 0 aliphatic heterocycles. The number of anilines is 1. The molecule has 2 aromatic rings. The Labute approximate surface area is 120 Å². The minimum absolute atomic E-state index is 0.0331. The van der Waals surface area contributed by atoms with Gasteiger partial charge >= 0.3 is 0 Å². The summed E-state index contributed by atoms with van der Waals surface area (Å²) in [4.78, 5) is 11.3. The smallest absolute Gasteiger partial charge is 0.252 e. The number of halogens is 2. The van der Waals surface area contributed by atoms with Crippen molar-refractivity contribution in [3.63, 3.8) is 0 Å². The van der Waals surface area contributed by atoms with Crippen LogP contribution in [0.5, 0.6) is 5.75 Å². The zero-order valence-corrected chi connectivity index (χ0v) is 11.2. The lowest BCUT2D eigenvalue weighted by Gasteiger charge is -2.12. The Kier molecular flexibility index (Phi) is 4.10. The van der Waals surface area contributed by atoms with E-state index in [-0.39, 0.29) is 28.6 Å². The second-order valence-electron chi connectivity index (χ2n) is 4.13. The molecule has 0 bridgehead atoms. The first-order valence-corrected chi connectivity index (χ1v) is 6.12. The van der Waals surface area contributed by atoms with Crippen LogP contribution in [-0.4, -0.2) is 5.91 Å². The van der Waals surface area contributed by atoms with Gasteiger partial charge in [-0.05, 0) is 29.8 Å². The minimum atomic E-state index is -0.644. The van der Waals surface area contributed by atoms with Crippen molar-refractivity contribution < 1.29 is 13.9 Å². The lowest BCUT2D eigenvalue weighted by molar-refractivity contribution is 0.0996. The molecule has 0 saturated carbocycles. The van der Waals surface area contributed by atoms with E-state index in [0.29, 0.717) is 5.56 Å². The number of nitrogen functional groups attached to an aromatic ring is 1. The average Bonchev–Trinajstić information content (AvgIpc) is 2.40. The summed E-state index contributed by atoms with van der Waals surface area (Å²) in [7, 11) is 0. The molecule has 0 fully saturated rings. The topological polar surface area (TPSA) is 78.3 Å². The van der Waals surface area contributed by atoms with Gasteiger partial charge in [0.05, 0.1) is 16.3 Å². The maximum absolute atomic E-state index is 13.3. The van der Waals surface area contributed by atoms with Crippen LogP contribution in [0, 0.1) is 5.82 Å². The lowest BCUT2D eigenvalue weighted by atomic mass is 10.1. The molecule has 0 aliphatic carbocycles. The average molecular weight is 295 g/mol. The molecule has 0 radical (unpaired) electrons. The van der Waals surface area contributed by atoms with Crippen molar-refractivity contribution in [1.82, 2.24) is 0 Å². The van der Waals surface area contributed by atoms with Gasteiger partial charge in [0.2, 0.25) is 0 Å². The first-order valence-electron chi connectivity index (χ1n) is 5.74. The highest BCUT2D eigenvalue weighted by Gasteiger charge is 2.12. The number of para-hydroxylation sites is 1. The van der Waals surface area contributed by atoms with Crippen LogP contribution in [0.4, 0.5) is 10.1 Å². The van der Waals surface area contributed by atoms with Crippen molar-refractivity contribution in [1.29, 1.82) is 0 Å². The van der Waals surface area contributed by atoms with Gasteiger partial charge in [0.1, 0.15) is 12.4 Å². The highest BCUT2D eigenvalue weighted by Crippen LogP contribution is 2.27. The number of carbonyl (C=O) groups is 1. The molecular weight excluding hydrogens is 283 g/mol. The molecule has 0 spiro atoms. The largest absolute Gasteiger partial charge is 0.486 e. The van der Waals surface area contributed by atoms with Crippen LogP contribution >= 0.6 is 11.6 Å². The Morgan fingerprint density at radius 2 is 2.05 bits per heavy atom. The van der Waals surface area contributed by atoms with Crippen molar-refractivity contribution in [2.75, 3.05) is 5.73 Å². The number of benzene rings is 2. The van der Waals surface area contributed by atoms with Crippen LogP contribution in [0.2, 0.25) is 5.02 Å². The molecule has 20 heavy (non-hydrogen) atoms. The number of amides is 1. The number of hydrogen-bond acceptors (Lipinski definition) is 3. The van der Waals surface area contributed by atoms with E-state index in [4.69, 9.17) is 27.8 Å². The van der Waals surface area contributed by atoms with Crippen LogP contribution in [0.15, 0.2) is 36.4 Å². The molecule has 4 N–H and O–H groups in total.